The molecule has 2 aromatic carbocycles. The van der Waals surface area contributed by atoms with E-state index in [4.69, 9.17) is 14.5 Å². The Hall–Kier alpha value is -2.82. The van der Waals surface area contributed by atoms with Gasteiger partial charge in [-0.1, -0.05) is 39.3 Å². The van der Waals surface area contributed by atoms with Crippen molar-refractivity contribution in [3.63, 3.8) is 0 Å². The molecule has 5 nitrogen and oxygen atoms in total. The number of esters is 1. The van der Waals surface area contributed by atoms with E-state index in [9.17, 15) is 4.79 Å². The predicted octanol–water partition coefficient (Wildman–Crippen LogP) is 6.88. The lowest BCUT2D eigenvalue weighted by Crippen LogP contribution is -2.36. The molecule has 3 atom stereocenters. The van der Waals surface area contributed by atoms with E-state index in [1.165, 1.54) is 6.42 Å². The van der Waals surface area contributed by atoms with E-state index in [2.05, 4.69) is 20.8 Å². The molecule has 1 aliphatic carbocycles. The zero-order valence-corrected chi connectivity index (χ0v) is 21.4. The van der Waals surface area contributed by atoms with E-state index < -0.39 is 0 Å². The Morgan fingerprint density at radius 3 is 2.47 bits per heavy atom. The van der Waals surface area contributed by atoms with Gasteiger partial charge >= 0.3 is 5.97 Å². The number of aromatic nitrogens is 2. The molecule has 0 radical (unpaired) electrons. The van der Waals surface area contributed by atoms with Crippen molar-refractivity contribution < 1.29 is 14.3 Å². The molecule has 0 unspecified atom stereocenters. The van der Waals surface area contributed by atoms with Gasteiger partial charge in [0.1, 0.15) is 29.8 Å². The fraction of sp³-hybridized carbons (Fsp3) is 0.517. The second-order valence-electron chi connectivity index (χ2n) is 11.1. The first-order valence-electron chi connectivity index (χ1n) is 12.5. The lowest BCUT2D eigenvalue weighted by atomic mass is 9.75. The lowest BCUT2D eigenvalue weighted by Gasteiger charge is -2.36. The fourth-order valence-electron chi connectivity index (χ4n) is 5.07. The first kappa shape index (κ1) is 24.3. The van der Waals surface area contributed by atoms with E-state index in [-0.39, 0.29) is 24.2 Å². The molecule has 1 aromatic heterocycles. The minimum Gasteiger partial charge on any atom is -0.488 e. The van der Waals surface area contributed by atoms with Gasteiger partial charge in [0.15, 0.2) is 0 Å². The number of nitrogens with zero attached hydrogens (tertiary/aromatic N) is 2. The first-order chi connectivity index (χ1) is 16.1. The number of hydrogen-bond acceptors (Lipinski definition) is 4. The molecule has 0 saturated heterocycles. The third kappa shape index (κ3) is 5.63. The fourth-order valence-corrected chi connectivity index (χ4v) is 5.07. The molecular formula is C29H38N2O3. The van der Waals surface area contributed by atoms with Gasteiger partial charge in [-0.3, -0.25) is 4.79 Å². The van der Waals surface area contributed by atoms with Crippen molar-refractivity contribution in [1.82, 2.24) is 9.55 Å². The van der Waals surface area contributed by atoms with E-state index in [0.717, 1.165) is 41.0 Å². The molecule has 0 amide bonds. The molecule has 1 aliphatic rings. The molecule has 3 aromatic rings. The molecule has 0 aliphatic heterocycles. The van der Waals surface area contributed by atoms with E-state index in [1.807, 2.05) is 73.9 Å². The van der Waals surface area contributed by atoms with E-state index >= 15 is 0 Å². The van der Waals surface area contributed by atoms with Crippen LogP contribution in [0.15, 0.2) is 48.5 Å². The summed E-state index contributed by atoms with van der Waals surface area (Å²) in [5.74, 6) is 2.90. The van der Waals surface area contributed by atoms with Gasteiger partial charge in [0.05, 0.1) is 11.0 Å². The van der Waals surface area contributed by atoms with Crippen LogP contribution in [0.4, 0.5) is 0 Å². The Balaban J connectivity index is 1.60. The Kier molecular flexibility index (Phi) is 7.01. The topological polar surface area (TPSA) is 53.4 Å². The standard InChI is InChI=1S/C29H38N2O3/c1-19(2)23-16-11-20(3)17-26(23)33-27(32)18-31-25-10-8-7-9-24(25)30-28(31)21-12-14-22(15-13-21)34-29(4,5)6/h7-10,12-15,19-20,23,26H,11,16-18H2,1-6H3/t20-,23+,26-/m1/s1. The zero-order chi connectivity index (χ0) is 24.5. The number of para-hydroxylation sites is 2. The van der Waals surface area contributed by atoms with Crippen LogP contribution in [0.5, 0.6) is 5.75 Å². The first-order valence-corrected chi connectivity index (χ1v) is 12.5. The molecule has 0 bridgehead atoms. The molecule has 0 spiro atoms. The molecule has 4 rings (SSSR count). The van der Waals surface area contributed by atoms with Crippen molar-refractivity contribution in [3.05, 3.63) is 48.5 Å². The quantitative estimate of drug-likeness (QED) is 0.375. The second kappa shape index (κ2) is 9.81. The van der Waals surface area contributed by atoms with E-state index in [1.54, 1.807) is 0 Å². The average Bonchev–Trinajstić information content (AvgIpc) is 3.11. The van der Waals surface area contributed by atoms with Crippen LogP contribution in [0, 0.1) is 17.8 Å². The van der Waals surface area contributed by atoms with Gasteiger partial charge in [-0.2, -0.15) is 0 Å². The monoisotopic (exact) mass is 462 g/mol. The van der Waals surface area contributed by atoms with Crippen LogP contribution in [-0.2, 0) is 16.1 Å². The number of rotatable bonds is 6. The highest BCUT2D eigenvalue weighted by Gasteiger charge is 2.33. The third-order valence-electron chi connectivity index (χ3n) is 6.72. The number of benzene rings is 2. The summed E-state index contributed by atoms with van der Waals surface area (Å²) in [4.78, 5) is 18.1. The van der Waals surface area contributed by atoms with Gasteiger partial charge in [0.25, 0.3) is 0 Å². The summed E-state index contributed by atoms with van der Waals surface area (Å²) in [5.41, 5.74) is 2.48. The van der Waals surface area contributed by atoms with Crippen molar-refractivity contribution in [3.8, 4) is 17.1 Å². The normalized spacial score (nSPS) is 21.1. The van der Waals surface area contributed by atoms with Crippen LogP contribution in [0.25, 0.3) is 22.4 Å². The maximum atomic E-state index is 13.2. The summed E-state index contributed by atoms with van der Waals surface area (Å²) in [6, 6.07) is 15.9. The van der Waals surface area contributed by atoms with Crippen molar-refractivity contribution in [1.29, 1.82) is 0 Å². The molecule has 34 heavy (non-hydrogen) atoms. The summed E-state index contributed by atoms with van der Waals surface area (Å²) in [7, 11) is 0. The molecule has 1 saturated carbocycles. The Bertz CT molecular complexity index is 1120. The molecular weight excluding hydrogens is 424 g/mol. The van der Waals surface area contributed by atoms with Gasteiger partial charge in [-0.25, -0.2) is 4.98 Å². The Morgan fingerprint density at radius 1 is 1.09 bits per heavy atom. The number of ether oxygens (including phenoxy) is 2. The van der Waals surface area contributed by atoms with Gasteiger partial charge < -0.3 is 14.0 Å². The van der Waals surface area contributed by atoms with Crippen LogP contribution in [0.2, 0.25) is 0 Å². The highest BCUT2D eigenvalue weighted by atomic mass is 16.5. The summed E-state index contributed by atoms with van der Waals surface area (Å²) in [6.07, 6.45) is 3.27. The van der Waals surface area contributed by atoms with Gasteiger partial charge in [-0.15, -0.1) is 0 Å². The van der Waals surface area contributed by atoms with Crippen molar-refractivity contribution >= 4 is 17.0 Å². The predicted molar refractivity (Wildman–Crippen MR) is 137 cm³/mol. The van der Waals surface area contributed by atoms with Crippen LogP contribution < -0.4 is 4.74 Å². The highest BCUT2D eigenvalue weighted by Crippen LogP contribution is 2.36. The molecule has 182 valence electrons. The van der Waals surface area contributed by atoms with Crippen LogP contribution >= 0.6 is 0 Å². The number of hydrogen-bond donors (Lipinski definition) is 0. The maximum absolute atomic E-state index is 13.2. The Labute approximate surface area is 203 Å². The summed E-state index contributed by atoms with van der Waals surface area (Å²) >= 11 is 0. The number of carbonyl (C=O) groups excluding carboxylic acids is 1. The van der Waals surface area contributed by atoms with Crippen molar-refractivity contribution in [2.24, 2.45) is 17.8 Å². The van der Waals surface area contributed by atoms with Gasteiger partial charge in [0.2, 0.25) is 0 Å². The number of imidazole rings is 1. The van der Waals surface area contributed by atoms with Crippen LogP contribution in [0.1, 0.15) is 60.8 Å². The van der Waals surface area contributed by atoms with Crippen LogP contribution in [-0.4, -0.2) is 27.2 Å². The zero-order valence-electron chi connectivity index (χ0n) is 21.4. The van der Waals surface area contributed by atoms with Gasteiger partial charge in [-0.05, 0) is 87.8 Å². The average molecular weight is 463 g/mol. The molecule has 5 heteroatoms. The summed E-state index contributed by atoms with van der Waals surface area (Å²) in [6.45, 7) is 13.0. The van der Waals surface area contributed by atoms with Crippen LogP contribution in [0.3, 0.4) is 0 Å². The largest absolute Gasteiger partial charge is 0.488 e. The minimum atomic E-state index is -0.261. The van der Waals surface area contributed by atoms with Gasteiger partial charge in [0, 0.05) is 5.56 Å². The third-order valence-corrected chi connectivity index (χ3v) is 6.72. The number of fused-ring (bicyclic) bond motifs is 1. The SMILES string of the molecule is CC(C)[C@@H]1CC[C@@H](C)C[C@H]1OC(=O)Cn1c(-c2ccc(OC(C)(C)C)cc2)nc2ccccc21. The van der Waals surface area contributed by atoms with Crippen molar-refractivity contribution in [2.45, 2.75) is 79.1 Å². The van der Waals surface area contributed by atoms with E-state index in [0.29, 0.717) is 17.8 Å². The lowest BCUT2D eigenvalue weighted by molar-refractivity contribution is -0.156. The maximum Gasteiger partial charge on any atom is 0.326 e. The number of carbonyl (C=O) groups is 1. The molecule has 1 fully saturated rings. The summed E-state index contributed by atoms with van der Waals surface area (Å²) in [5, 5.41) is 0. The molecule has 1 heterocycles. The minimum absolute atomic E-state index is 0.0108. The molecule has 0 N–H and O–H groups in total. The smallest absolute Gasteiger partial charge is 0.326 e. The second-order valence-corrected chi connectivity index (χ2v) is 11.1. The summed E-state index contributed by atoms with van der Waals surface area (Å²) < 4.78 is 14.1. The van der Waals surface area contributed by atoms with Crippen molar-refractivity contribution in [2.75, 3.05) is 0 Å². The highest BCUT2D eigenvalue weighted by molar-refractivity contribution is 5.83. The Morgan fingerprint density at radius 2 is 1.79 bits per heavy atom.